The number of hydrogen-bond acceptors (Lipinski definition) is 4. The summed E-state index contributed by atoms with van der Waals surface area (Å²) in [5.41, 5.74) is 6.48. The van der Waals surface area contributed by atoms with Crippen molar-refractivity contribution in [1.82, 2.24) is 9.21 Å². The average molecular weight is 309 g/mol. The highest BCUT2D eigenvalue weighted by molar-refractivity contribution is 7.89. The summed E-state index contributed by atoms with van der Waals surface area (Å²) in [6.07, 6.45) is 3.20. The fourth-order valence-corrected chi connectivity index (χ4v) is 4.96. The van der Waals surface area contributed by atoms with Gasteiger partial charge in [-0.15, -0.1) is 0 Å². The van der Waals surface area contributed by atoms with E-state index < -0.39 is 10.0 Å². The van der Waals surface area contributed by atoms with Crippen LogP contribution in [-0.4, -0.2) is 49.8 Å². The van der Waals surface area contributed by atoms with E-state index in [0.29, 0.717) is 30.6 Å². The Bertz CT molecular complexity index is 603. The van der Waals surface area contributed by atoms with Crippen LogP contribution in [0.2, 0.25) is 0 Å². The van der Waals surface area contributed by atoms with Gasteiger partial charge >= 0.3 is 0 Å². The second-order valence-electron chi connectivity index (χ2n) is 5.90. The summed E-state index contributed by atoms with van der Waals surface area (Å²) in [5.74, 6) is 0. The highest BCUT2D eigenvalue weighted by Gasteiger charge is 2.34. The zero-order valence-corrected chi connectivity index (χ0v) is 13.1. The fourth-order valence-electron chi connectivity index (χ4n) is 3.37. The standard InChI is InChI=1S/C15H23N3O2S/c16-11-13-4-1-6-15(10-13)21(19,20)18-9-3-8-17-7-2-5-14(17)12-18/h1,4,6,10,14H,2-3,5,7-9,11-12,16H2. The monoisotopic (exact) mass is 309 g/mol. The highest BCUT2D eigenvalue weighted by atomic mass is 32.2. The van der Waals surface area contributed by atoms with Crippen molar-refractivity contribution in [3.63, 3.8) is 0 Å². The summed E-state index contributed by atoms with van der Waals surface area (Å²) >= 11 is 0. The summed E-state index contributed by atoms with van der Waals surface area (Å²) in [5, 5.41) is 0. The van der Waals surface area contributed by atoms with Crippen molar-refractivity contribution < 1.29 is 8.42 Å². The molecule has 0 aliphatic carbocycles. The van der Waals surface area contributed by atoms with E-state index in [-0.39, 0.29) is 0 Å². The Labute approximate surface area is 126 Å². The number of nitrogens with two attached hydrogens (primary N) is 1. The van der Waals surface area contributed by atoms with Gasteiger partial charge in [0.25, 0.3) is 0 Å². The Morgan fingerprint density at radius 2 is 2.00 bits per heavy atom. The molecule has 2 saturated heterocycles. The fraction of sp³-hybridized carbons (Fsp3) is 0.600. The van der Waals surface area contributed by atoms with Crippen LogP contribution in [0.4, 0.5) is 0 Å². The zero-order valence-electron chi connectivity index (χ0n) is 12.2. The van der Waals surface area contributed by atoms with Crippen molar-refractivity contribution in [1.29, 1.82) is 0 Å². The van der Waals surface area contributed by atoms with Crippen molar-refractivity contribution >= 4 is 10.0 Å². The molecule has 0 saturated carbocycles. The van der Waals surface area contributed by atoms with Crippen LogP contribution in [0, 0.1) is 0 Å². The van der Waals surface area contributed by atoms with Crippen molar-refractivity contribution in [2.75, 3.05) is 26.2 Å². The van der Waals surface area contributed by atoms with Crippen molar-refractivity contribution in [2.45, 2.75) is 36.7 Å². The van der Waals surface area contributed by atoms with E-state index in [0.717, 1.165) is 31.5 Å². The van der Waals surface area contributed by atoms with Gasteiger partial charge in [0.05, 0.1) is 4.90 Å². The largest absolute Gasteiger partial charge is 0.326 e. The number of fused-ring (bicyclic) bond motifs is 1. The molecule has 1 aromatic rings. The van der Waals surface area contributed by atoms with Gasteiger partial charge in [-0.2, -0.15) is 4.31 Å². The summed E-state index contributed by atoms with van der Waals surface area (Å²) in [4.78, 5) is 2.81. The van der Waals surface area contributed by atoms with Crippen molar-refractivity contribution in [3.8, 4) is 0 Å². The van der Waals surface area contributed by atoms with Gasteiger partial charge in [-0.05, 0) is 50.0 Å². The average Bonchev–Trinajstić information content (AvgIpc) is 2.84. The first kappa shape index (κ1) is 15.0. The van der Waals surface area contributed by atoms with Crippen LogP contribution in [0.1, 0.15) is 24.8 Å². The predicted molar refractivity (Wildman–Crippen MR) is 82.3 cm³/mol. The van der Waals surface area contributed by atoms with Crippen molar-refractivity contribution in [3.05, 3.63) is 29.8 Å². The molecule has 2 aliphatic rings. The minimum Gasteiger partial charge on any atom is -0.326 e. The molecule has 3 rings (SSSR count). The van der Waals surface area contributed by atoms with Gasteiger partial charge in [-0.3, -0.25) is 4.90 Å². The third-order valence-electron chi connectivity index (χ3n) is 4.54. The van der Waals surface area contributed by atoms with Gasteiger partial charge in [0.15, 0.2) is 0 Å². The maximum absolute atomic E-state index is 12.9. The van der Waals surface area contributed by atoms with Crippen molar-refractivity contribution in [2.24, 2.45) is 5.73 Å². The summed E-state index contributed by atoms with van der Waals surface area (Å²) in [7, 11) is -3.41. The first-order valence-electron chi connectivity index (χ1n) is 7.64. The quantitative estimate of drug-likeness (QED) is 0.905. The molecular weight excluding hydrogens is 286 g/mol. The highest BCUT2D eigenvalue weighted by Crippen LogP contribution is 2.25. The molecule has 1 aromatic carbocycles. The summed E-state index contributed by atoms with van der Waals surface area (Å²) < 4.78 is 27.4. The Balaban J connectivity index is 1.86. The smallest absolute Gasteiger partial charge is 0.243 e. The molecule has 0 radical (unpaired) electrons. The van der Waals surface area contributed by atoms with Crippen LogP contribution in [0.5, 0.6) is 0 Å². The van der Waals surface area contributed by atoms with Crippen LogP contribution in [-0.2, 0) is 16.6 Å². The van der Waals surface area contributed by atoms with E-state index in [1.54, 1.807) is 22.5 Å². The Morgan fingerprint density at radius 1 is 1.19 bits per heavy atom. The summed E-state index contributed by atoms with van der Waals surface area (Å²) in [6.45, 7) is 3.72. The normalized spacial score (nSPS) is 24.7. The zero-order chi connectivity index (χ0) is 14.9. The Morgan fingerprint density at radius 3 is 2.81 bits per heavy atom. The Kier molecular flexibility index (Phi) is 4.31. The summed E-state index contributed by atoms with van der Waals surface area (Å²) in [6, 6.07) is 7.40. The van der Waals surface area contributed by atoms with Gasteiger partial charge in [0.1, 0.15) is 0 Å². The number of rotatable bonds is 3. The third-order valence-corrected chi connectivity index (χ3v) is 6.40. The molecule has 5 nitrogen and oxygen atoms in total. The van der Waals surface area contributed by atoms with E-state index >= 15 is 0 Å². The number of benzene rings is 1. The van der Waals surface area contributed by atoms with Crippen LogP contribution in [0.15, 0.2) is 29.2 Å². The van der Waals surface area contributed by atoms with Gasteiger partial charge in [-0.1, -0.05) is 12.1 Å². The van der Waals surface area contributed by atoms with Gasteiger partial charge in [0.2, 0.25) is 10.0 Å². The molecule has 2 heterocycles. The van der Waals surface area contributed by atoms with E-state index in [1.807, 2.05) is 6.07 Å². The lowest BCUT2D eigenvalue weighted by atomic mass is 10.2. The van der Waals surface area contributed by atoms with Gasteiger partial charge < -0.3 is 5.73 Å². The van der Waals surface area contributed by atoms with Crippen LogP contribution in [0.3, 0.4) is 0 Å². The minimum atomic E-state index is -3.41. The van der Waals surface area contributed by atoms with E-state index in [4.69, 9.17) is 5.73 Å². The maximum Gasteiger partial charge on any atom is 0.243 e. The van der Waals surface area contributed by atoms with E-state index in [2.05, 4.69) is 4.90 Å². The second kappa shape index (κ2) is 6.04. The second-order valence-corrected chi connectivity index (χ2v) is 7.84. The lowest BCUT2D eigenvalue weighted by Crippen LogP contribution is -2.39. The number of sulfonamides is 1. The first-order chi connectivity index (χ1) is 10.1. The van der Waals surface area contributed by atoms with Gasteiger partial charge in [0, 0.05) is 25.7 Å². The molecule has 2 N–H and O–H groups in total. The van der Waals surface area contributed by atoms with Gasteiger partial charge in [-0.25, -0.2) is 8.42 Å². The lowest BCUT2D eigenvalue weighted by Gasteiger charge is -2.25. The molecule has 116 valence electrons. The van der Waals surface area contributed by atoms with E-state index in [1.165, 1.54) is 6.42 Å². The molecule has 1 unspecified atom stereocenters. The van der Waals surface area contributed by atoms with Crippen LogP contribution in [0.25, 0.3) is 0 Å². The topological polar surface area (TPSA) is 66.6 Å². The number of nitrogens with zero attached hydrogens (tertiary/aromatic N) is 2. The molecule has 2 aliphatic heterocycles. The minimum absolute atomic E-state index is 0.361. The van der Waals surface area contributed by atoms with Crippen LogP contribution >= 0.6 is 0 Å². The molecule has 21 heavy (non-hydrogen) atoms. The molecule has 6 heteroatoms. The molecule has 0 aromatic heterocycles. The SMILES string of the molecule is NCc1cccc(S(=O)(=O)N2CCCN3CCCC3C2)c1. The van der Waals surface area contributed by atoms with E-state index in [9.17, 15) is 8.42 Å². The Hall–Kier alpha value is -0.950. The lowest BCUT2D eigenvalue weighted by molar-refractivity contribution is 0.257. The third kappa shape index (κ3) is 2.99. The molecular formula is C15H23N3O2S. The van der Waals surface area contributed by atoms with Crippen LogP contribution < -0.4 is 5.73 Å². The number of hydrogen-bond donors (Lipinski definition) is 1. The first-order valence-corrected chi connectivity index (χ1v) is 9.08. The molecule has 0 bridgehead atoms. The maximum atomic E-state index is 12.9. The molecule has 0 amide bonds. The molecule has 0 spiro atoms. The predicted octanol–water partition coefficient (Wildman–Crippen LogP) is 1.00. The molecule has 2 fully saturated rings. The molecule has 1 atom stereocenters.